The van der Waals surface area contributed by atoms with Crippen molar-refractivity contribution in [2.45, 2.75) is 26.2 Å². The summed E-state index contributed by atoms with van der Waals surface area (Å²) >= 11 is 1.84. The van der Waals surface area contributed by atoms with E-state index in [-0.39, 0.29) is 0 Å². The smallest absolute Gasteiger partial charge is 0.531 e. The van der Waals surface area contributed by atoms with Crippen LogP contribution in [0, 0.1) is 5.92 Å². The van der Waals surface area contributed by atoms with Crippen LogP contribution in [0.3, 0.4) is 0 Å². The van der Waals surface area contributed by atoms with Crippen LogP contribution < -0.4 is 4.65 Å². The van der Waals surface area contributed by atoms with Gasteiger partial charge in [-0.05, 0) is 49.8 Å². The van der Waals surface area contributed by atoms with Gasteiger partial charge in [0.25, 0.3) is 0 Å². The van der Waals surface area contributed by atoms with Crippen LogP contribution in [0.25, 0.3) is 16.6 Å². The van der Waals surface area contributed by atoms with Crippen LogP contribution in [-0.4, -0.2) is 57.4 Å². The molecule has 2 N–H and O–H groups in total. The number of H-pyrrole nitrogens is 1. The number of hydrogen-bond acceptors (Lipinski definition) is 6. The molecule has 138 valence electrons. The largest absolute Gasteiger partial charge is 0.552 e. The molecular formula is C18H25BN4O2S. The van der Waals surface area contributed by atoms with Gasteiger partial charge in [0, 0.05) is 48.9 Å². The Balaban J connectivity index is 1.53. The Kier molecular flexibility index (Phi) is 5.26. The van der Waals surface area contributed by atoms with Crippen LogP contribution >= 0.6 is 12.1 Å². The highest BCUT2D eigenvalue weighted by molar-refractivity contribution is 7.94. The molecule has 8 heteroatoms. The quantitative estimate of drug-likeness (QED) is 0.622. The fourth-order valence-corrected chi connectivity index (χ4v) is 4.95. The fourth-order valence-electron chi connectivity index (χ4n) is 3.92. The number of allylic oxidation sites excluding steroid dienone is 1. The summed E-state index contributed by atoms with van der Waals surface area (Å²) < 4.78 is 10.4. The van der Waals surface area contributed by atoms with E-state index in [1.165, 1.54) is 12.0 Å². The predicted octanol–water partition coefficient (Wildman–Crippen LogP) is 2.98. The average molecular weight is 372 g/mol. The monoisotopic (exact) mass is 372 g/mol. The summed E-state index contributed by atoms with van der Waals surface area (Å²) in [6.45, 7) is 5.41. The van der Waals surface area contributed by atoms with Crippen molar-refractivity contribution >= 4 is 35.9 Å². The van der Waals surface area contributed by atoms with E-state index >= 15 is 0 Å². The number of fused-ring (bicyclic) bond motifs is 3. The number of rotatable bonds is 5. The molecule has 0 aliphatic carbocycles. The first kappa shape index (κ1) is 17.9. The molecule has 0 bridgehead atoms. The number of aromatic nitrogens is 2. The lowest BCUT2D eigenvalue weighted by atomic mass is 9.74. The maximum absolute atomic E-state index is 10.2. The van der Waals surface area contributed by atoms with Crippen molar-refractivity contribution in [3.8, 4) is 5.75 Å². The second kappa shape index (κ2) is 7.64. The minimum atomic E-state index is -0.890. The lowest BCUT2D eigenvalue weighted by Crippen LogP contribution is -2.33. The number of aromatic amines is 1. The molecule has 4 heterocycles. The molecule has 2 aromatic rings. The van der Waals surface area contributed by atoms with E-state index in [1.807, 2.05) is 30.4 Å². The highest BCUT2D eigenvalue weighted by atomic mass is 32.2. The van der Waals surface area contributed by atoms with Gasteiger partial charge in [-0.2, -0.15) is 0 Å². The molecule has 0 atom stereocenters. The molecule has 1 fully saturated rings. The molecular weight excluding hydrogens is 347 g/mol. The molecule has 6 nitrogen and oxygen atoms in total. The SMILES string of the molecule is CCCN(C)SN1CCC(C2=CB(O)Oc3cnc4[nH]ccc4c32)CC1. The predicted molar refractivity (Wildman–Crippen MR) is 107 cm³/mol. The lowest BCUT2D eigenvalue weighted by Gasteiger charge is -2.35. The fraction of sp³-hybridized carbons (Fsp3) is 0.500. The highest BCUT2D eigenvalue weighted by Gasteiger charge is 2.32. The molecule has 0 saturated carbocycles. The highest BCUT2D eigenvalue weighted by Crippen LogP contribution is 2.42. The summed E-state index contributed by atoms with van der Waals surface area (Å²) in [5.74, 6) is 2.99. The van der Waals surface area contributed by atoms with Crippen molar-refractivity contribution in [2.75, 3.05) is 26.7 Å². The van der Waals surface area contributed by atoms with E-state index in [9.17, 15) is 5.02 Å². The molecule has 1 saturated heterocycles. The molecule has 26 heavy (non-hydrogen) atoms. The maximum atomic E-state index is 10.2. The third kappa shape index (κ3) is 3.51. The third-order valence-corrected chi connectivity index (χ3v) is 6.15. The normalized spacial score (nSPS) is 18.9. The molecule has 2 aromatic heterocycles. The van der Waals surface area contributed by atoms with Gasteiger partial charge in [-0.15, -0.1) is 0 Å². The topological polar surface area (TPSA) is 64.6 Å². The van der Waals surface area contributed by atoms with Gasteiger partial charge in [-0.25, -0.2) is 13.6 Å². The maximum Gasteiger partial charge on any atom is 0.552 e. The molecule has 0 unspecified atom stereocenters. The van der Waals surface area contributed by atoms with Crippen molar-refractivity contribution < 1.29 is 9.68 Å². The number of hydrogen-bond donors (Lipinski definition) is 2. The van der Waals surface area contributed by atoms with Crippen LogP contribution in [0.1, 0.15) is 31.7 Å². The molecule has 0 spiro atoms. The zero-order valence-corrected chi connectivity index (χ0v) is 16.1. The Hall–Kier alpha value is -1.48. The summed E-state index contributed by atoms with van der Waals surface area (Å²) in [5, 5.41) is 11.2. The zero-order chi connectivity index (χ0) is 18.1. The van der Waals surface area contributed by atoms with Crippen LogP contribution in [0.4, 0.5) is 0 Å². The summed E-state index contributed by atoms with van der Waals surface area (Å²) in [5.41, 5.74) is 3.16. The van der Waals surface area contributed by atoms with Crippen molar-refractivity contribution in [3.05, 3.63) is 30.0 Å². The van der Waals surface area contributed by atoms with Crippen LogP contribution in [0.5, 0.6) is 5.75 Å². The molecule has 0 radical (unpaired) electrons. The van der Waals surface area contributed by atoms with Crippen molar-refractivity contribution in [3.63, 3.8) is 0 Å². The van der Waals surface area contributed by atoms with Gasteiger partial charge in [0.15, 0.2) is 0 Å². The van der Waals surface area contributed by atoms with Gasteiger partial charge in [0.05, 0.1) is 6.20 Å². The minimum Gasteiger partial charge on any atom is -0.531 e. The molecule has 4 rings (SSSR count). The van der Waals surface area contributed by atoms with Gasteiger partial charge in [-0.1, -0.05) is 6.92 Å². The van der Waals surface area contributed by atoms with Gasteiger partial charge < -0.3 is 14.7 Å². The number of pyridine rings is 1. The number of nitrogens with one attached hydrogen (secondary N) is 1. The number of piperidine rings is 1. The van der Waals surface area contributed by atoms with Gasteiger partial charge in [0.2, 0.25) is 0 Å². The lowest BCUT2D eigenvalue weighted by molar-refractivity contribution is 0.324. The second-order valence-electron chi connectivity index (χ2n) is 7.00. The van der Waals surface area contributed by atoms with E-state index in [1.54, 1.807) is 6.20 Å². The minimum absolute atomic E-state index is 0.432. The van der Waals surface area contributed by atoms with Crippen molar-refractivity contribution in [1.82, 2.24) is 18.6 Å². The van der Waals surface area contributed by atoms with E-state index in [0.717, 1.165) is 49.1 Å². The Bertz CT molecular complexity index is 804. The van der Waals surface area contributed by atoms with Crippen molar-refractivity contribution in [2.24, 2.45) is 5.92 Å². The Morgan fingerprint density at radius 1 is 1.46 bits per heavy atom. The van der Waals surface area contributed by atoms with Crippen LogP contribution in [-0.2, 0) is 0 Å². The van der Waals surface area contributed by atoms with Crippen LogP contribution in [0.15, 0.2) is 24.4 Å². The summed E-state index contributed by atoms with van der Waals surface area (Å²) in [6.07, 6.45) is 6.96. The van der Waals surface area contributed by atoms with E-state index < -0.39 is 7.12 Å². The van der Waals surface area contributed by atoms with Crippen LogP contribution in [0.2, 0.25) is 0 Å². The van der Waals surface area contributed by atoms with Gasteiger partial charge in [0.1, 0.15) is 11.4 Å². The van der Waals surface area contributed by atoms with Crippen molar-refractivity contribution in [1.29, 1.82) is 0 Å². The van der Waals surface area contributed by atoms with Gasteiger partial charge in [-0.3, -0.25) is 0 Å². The molecule has 2 aliphatic rings. The third-order valence-electron chi connectivity index (χ3n) is 5.10. The summed E-state index contributed by atoms with van der Waals surface area (Å²) in [6, 6.07) is 2.04. The first-order valence-corrected chi connectivity index (χ1v) is 10.1. The Morgan fingerprint density at radius 3 is 3.04 bits per heavy atom. The second-order valence-corrected chi connectivity index (χ2v) is 8.31. The van der Waals surface area contributed by atoms with E-state index in [0.29, 0.717) is 11.7 Å². The van der Waals surface area contributed by atoms with Gasteiger partial charge >= 0.3 is 7.12 Å². The first-order chi connectivity index (χ1) is 12.7. The Labute approximate surface area is 159 Å². The zero-order valence-electron chi connectivity index (χ0n) is 15.3. The molecule has 0 aromatic carbocycles. The first-order valence-electron chi connectivity index (χ1n) is 9.32. The number of nitrogens with zero attached hydrogens (tertiary/aromatic N) is 3. The Morgan fingerprint density at radius 2 is 2.27 bits per heavy atom. The standard InChI is InChI=1S/C18H25BN4O2S/c1-3-8-22(2)26-23-9-5-13(6-10-23)15-11-19(24)25-16-12-21-18-14(17(15)16)4-7-20-18/h4,7,11-13,24H,3,5-6,8-10H2,1-2H3,(H,20,21). The summed E-state index contributed by atoms with van der Waals surface area (Å²) in [7, 11) is 1.27. The van der Waals surface area contributed by atoms with E-state index in [4.69, 9.17) is 4.65 Å². The average Bonchev–Trinajstić information content (AvgIpc) is 3.10. The molecule has 2 aliphatic heterocycles. The summed E-state index contributed by atoms with van der Waals surface area (Å²) in [4.78, 5) is 7.57. The molecule has 0 amide bonds. The van der Waals surface area contributed by atoms with E-state index in [2.05, 4.69) is 32.5 Å².